The van der Waals surface area contributed by atoms with Crippen LogP contribution >= 0.6 is 0 Å². The number of nitrogens with zero attached hydrogens (tertiary/aromatic N) is 3. The summed E-state index contributed by atoms with van der Waals surface area (Å²) in [5, 5.41) is 14.0. The molecule has 3 rings (SSSR count). The molecule has 1 amide bonds. The second kappa shape index (κ2) is 7.95. The van der Waals surface area contributed by atoms with Crippen LogP contribution in [0.3, 0.4) is 0 Å². The smallest absolute Gasteiger partial charge is 0.228 e. The Morgan fingerprint density at radius 1 is 1.15 bits per heavy atom. The van der Waals surface area contributed by atoms with Gasteiger partial charge in [-0.2, -0.15) is 10.1 Å². The predicted octanol–water partition coefficient (Wildman–Crippen LogP) is 2.68. The fourth-order valence-corrected chi connectivity index (χ4v) is 2.58. The highest BCUT2D eigenvalue weighted by atomic mass is 16.5. The van der Waals surface area contributed by atoms with E-state index in [4.69, 9.17) is 4.52 Å². The number of rotatable bonds is 7. The minimum Gasteiger partial charge on any atom is -0.356 e. The van der Waals surface area contributed by atoms with E-state index < -0.39 is 0 Å². The predicted molar refractivity (Wildman–Crippen MR) is 97.6 cm³/mol. The first-order chi connectivity index (χ1) is 12.5. The molecule has 0 fully saturated rings. The largest absolute Gasteiger partial charge is 0.356 e. The van der Waals surface area contributed by atoms with Crippen molar-refractivity contribution in [1.29, 1.82) is 0 Å². The number of carbonyl (C=O) groups is 1. The average molecular weight is 353 g/mol. The van der Waals surface area contributed by atoms with Crippen LogP contribution in [0.2, 0.25) is 0 Å². The van der Waals surface area contributed by atoms with Crippen molar-refractivity contribution < 1.29 is 9.32 Å². The van der Waals surface area contributed by atoms with Gasteiger partial charge in [0.1, 0.15) is 0 Å². The molecule has 0 unspecified atom stereocenters. The van der Waals surface area contributed by atoms with Crippen molar-refractivity contribution in [3.8, 4) is 11.4 Å². The normalized spacial score (nSPS) is 10.9. The Balaban J connectivity index is 1.44. The fourth-order valence-electron chi connectivity index (χ4n) is 2.58. The van der Waals surface area contributed by atoms with Gasteiger partial charge in [-0.15, -0.1) is 0 Å². The highest BCUT2D eigenvalue weighted by Crippen LogP contribution is 2.16. The molecule has 7 heteroatoms. The van der Waals surface area contributed by atoms with Crippen LogP contribution in [0, 0.1) is 20.8 Å². The first-order valence-corrected chi connectivity index (χ1v) is 8.69. The second-order valence-corrected chi connectivity index (χ2v) is 6.40. The molecule has 0 bridgehead atoms. The summed E-state index contributed by atoms with van der Waals surface area (Å²) in [4.78, 5) is 16.3. The van der Waals surface area contributed by atoms with E-state index in [1.54, 1.807) is 0 Å². The standard InChI is InChI=1S/C19H23N5O2/c1-12-4-6-15(7-5-12)19-21-18(26-24-19)10-11-20-17(25)9-8-16-13(2)14(3)22-23-16/h4-7H,8-11H2,1-3H3,(H,20,25)(H,22,23). The number of hydrogen-bond acceptors (Lipinski definition) is 5. The molecule has 136 valence electrons. The first kappa shape index (κ1) is 17.8. The van der Waals surface area contributed by atoms with Gasteiger partial charge in [-0.3, -0.25) is 9.89 Å². The van der Waals surface area contributed by atoms with Gasteiger partial charge in [-0.25, -0.2) is 0 Å². The Kier molecular flexibility index (Phi) is 5.46. The van der Waals surface area contributed by atoms with Gasteiger partial charge in [0.25, 0.3) is 0 Å². The molecule has 2 heterocycles. The molecule has 3 aromatic rings. The maximum atomic E-state index is 12.0. The monoisotopic (exact) mass is 353 g/mol. The second-order valence-electron chi connectivity index (χ2n) is 6.40. The van der Waals surface area contributed by atoms with Gasteiger partial charge in [-0.1, -0.05) is 35.0 Å². The number of aromatic nitrogens is 4. The Morgan fingerprint density at radius 2 is 1.92 bits per heavy atom. The summed E-state index contributed by atoms with van der Waals surface area (Å²) in [6, 6.07) is 7.94. The van der Waals surface area contributed by atoms with Crippen LogP contribution in [-0.4, -0.2) is 32.8 Å². The number of aryl methyl sites for hydroxylation is 3. The van der Waals surface area contributed by atoms with Crippen LogP contribution in [0.5, 0.6) is 0 Å². The van der Waals surface area contributed by atoms with E-state index in [1.165, 1.54) is 5.56 Å². The molecule has 2 aromatic heterocycles. The van der Waals surface area contributed by atoms with Crippen molar-refractivity contribution in [3.63, 3.8) is 0 Å². The molecule has 0 aliphatic rings. The molecule has 0 aliphatic heterocycles. The highest BCUT2D eigenvalue weighted by molar-refractivity contribution is 5.76. The van der Waals surface area contributed by atoms with E-state index in [0.717, 1.165) is 22.5 Å². The van der Waals surface area contributed by atoms with Crippen LogP contribution in [0.15, 0.2) is 28.8 Å². The topological polar surface area (TPSA) is 96.7 Å². The number of aromatic amines is 1. The van der Waals surface area contributed by atoms with Crippen molar-refractivity contribution >= 4 is 5.91 Å². The average Bonchev–Trinajstić information content (AvgIpc) is 3.22. The van der Waals surface area contributed by atoms with Crippen molar-refractivity contribution in [2.24, 2.45) is 0 Å². The molecule has 0 aliphatic carbocycles. The van der Waals surface area contributed by atoms with Crippen molar-refractivity contribution in [2.45, 2.75) is 40.0 Å². The van der Waals surface area contributed by atoms with E-state index in [9.17, 15) is 4.79 Å². The van der Waals surface area contributed by atoms with Gasteiger partial charge in [0.15, 0.2) is 0 Å². The molecule has 26 heavy (non-hydrogen) atoms. The maximum absolute atomic E-state index is 12.0. The zero-order valence-electron chi connectivity index (χ0n) is 15.3. The summed E-state index contributed by atoms with van der Waals surface area (Å²) < 4.78 is 5.25. The molecule has 1 aromatic carbocycles. The van der Waals surface area contributed by atoms with Gasteiger partial charge >= 0.3 is 0 Å². The lowest BCUT2D eigenvalue weighted by Gasteiger charge is -2.03. The quantitative estimate of drug-likeness (QED) is 0.681. The lowest BCUT2D eigenvalue weighted by atomic mass is 10.1. The molecular formula is C19H23N5O2. The molecule has 0 atom stereocenters. The number of nitrogens with one attached hydrogen (secondary N) is 2. The van der Waals surface area contributed by atoms with E-state index in [-0.39, 0.29) is 5.91 Å². The van der Waals surface area contributed by atoms with Crippen molar-refractivity contribution in [3.05, 3.63) is 52.7 Å². The Morgan fingerprint density at radius 3 is 2.62 bits per heavy atom. The third-order valence-electron chi connectivity index (χ3n) is 4.38. The van der Waals surface area contributed by atoms with Gasteiger partial charge in [0, 0.05) is 37.1 Å². The summed E-state index contributed by atoms with van der Waals surface area (Å²) in [5.74, 6) is 1.07. The summed E-state index contributed by atoms with van der Waals surface area (Å²) >= 11 is 0. The third kappa shape index (κ3) is 4.36. The third-order valence-corrected chi connectivity index (χ3v) is 4.38. The molecule has 7 nitrogen and oxygen atoms in total. The van der Waals surface area contributed by atoms with Gasteiger partial charge < -0.3 is 9.84 Å². The Labute approximate surface area is 152 Å². The first-order valence-electron chi connectivity index (χ1n) is 8.69. The number of amides is 1. The van der Waals surface area contributed by atoms with E-state index >= 15 is 0 Å². The molecule has 0 saturated heterocycles. The van der Waals surface area contributed by atoms with Crippen LogP contribution < -0.4 is 5.32 Å². The summed E-state index contributed by atoms with van der Waals surface area (Å²) in [7, 11) is 0. The number of H-pyrrole nitrogens is 1. The van der Waals surface area contributed by atoms with Crippen molar-refractivity contribution in [1.82, 2.24) is 25.7 Å². The Hall–Kier alpha value is -2.96. The van der Waals surface area contributed by atoms with Crippen LogP contribution in [0.25, 0.3) is 11.4 Å². The Bertz CT molecular complexity index is 880. The maximum Gasteiger partial charge on any atom is 0.228 e. The van der Waals surface area contributed by atoms with Gasteiger partial charge in [0.05, 0.1) is 5.69 Å². The molecule has 0 spiro atoms. The molecule has 2 N–H and O–H groups in total. The van der Waals surface area contributed by atoms with E-state index in [2.05, 4.69) is 25.7 Å². The number of carbonyl (C=O) groups excluding carboxylic acids is 1. The number of benzene rings is 1. The SMILES string of the molecule is Cc1ccc(-c2noc(CCNC(=O)CCc3n[nH]c(C)c3C)n2)cc1. The zero-order valence-corrected chi connectivity index (χ0v) is 15.3. The molecule has 0 saturated carbocycles. The summed E-state index contributed by atoms with van der Waals surface area (Å²) in [6.07, 6.45) is 1.54. The van der Waals surface area contributed by atoms with Crippen LogP contribution in [-0.2, 0) is 17.6 Å². The van der Waals surface area contributed by atoms with Crippen LogP contribution in [0.4, 0.5) is 0 Å². The van der Waals surface area contributed by atoms with Crippen molar-refractivity contribution in [2.75, 3.05) is 6.54 Å². The highest BCUT2D eigenvalue weighted by Gasteiger charge is 2.11. The minimum atomic E-state index is -0.0108. The van der Waals surface area contributed by atoms with E-state index in [0.29, 0.717) is 37.5 Å². The molecule has 0 radical (unpaired) electrons. The van der Waals surface area contributed by atoms with Gasteiger partial charge in [-0.05, 0) is 26.3 Å². The fraction of sp³-hybridized carbons (Fsp3) is 0.368. The minimum absolute atomic E-state index is 0.0108. The van der Waals surface area contributed by atoms with Gasteiger partial charge in [0.2, 0.25) is 17.6 Å². The van der Waals surface area contributed by atoms with Crippen LogP contribution in [0.1, 0.15) is 34.8 Å². The lowest BCUT2D eigenvalue weighted by Crippen LogP contribution is -2.26. The molecular weight excluding hydrogens is 330 g/mol. The zero-order chi connectivity index (χ0) is 18.5. The summed E-state index contributed by atoms with van der Waals surface area (Å²) in [5.41, 5.74) is 5.20. The lowest BCUT2D eigenvalue weighted by molar-refractivity contribution is -0.121. The summed E-state index contributed by atoms with van der Waals surface area (Å²) in [6.45, 7) is 6.48. The van der Waals surface area contributed by atoms with E-state index in [1.807, 2.05) is 45.0 Å². The number of hydrogen-bond donors (Lipinski definition) is 2.